The number of aryl methyl sites for hydroxylation is 1. The molecule has 0 aliphatic rings. The van der Waals surface area contributed by atoms with Crippen molar-refractivity contribution < 1.29 is 19.0 Å². The fourth-order valence-corrected chi connectivity index (χ4v) is 4.11. The molecule has 3 aromatic carbocycles. The van der Waals surface area contributed by atoms with Gasteiger partial charge in [-0.2, -0.15) is 0 Å². The van der Waals surface area contributed by atoms with Crippen molar-refractivity contribution in [3.8, 4) is 22.7 Å². The van der Waals surface area contributed by atoms with Crippen LogP contribution in [0.1, 0.15) is 21.6 Å². The number of nitrogens with two attached hydrogens (primary N) is 1. The van der Waals surface area contributed by atoms with E-state index in [9.17, 15) is 14.3 Å². The summed E-state index contributed by atoms with van der Waals surface area (Å²) in [4.78, 5) is 11.5. The Bertz CT molecular complexity index is 1370. The van der Waals surface area contributed by atoms with Gasteiger partial charge in [-0.25, -0.2) is 9.18 Å². The van der Waals surface area contributed by atoms with Gasteiger partial charge < -0.3 is 20.1 Å². The third kappa shape index (κ3) is 4.89. The van der Waals surface area contributed by atoms with Gasteiger partial charge in [0.15, 0.2) is 0 Å². The molecule has 0 spiro atoms. The Morgan fingerprint density at radius 3 is 2.64 bits per heavy atom. The fourth-order valence-electron chi connectivity index (χ4n) is 3.60. The number of nitrogen functional groups attached to an aromatic ring is 1. The van der Waals surface area contributed by atoms with Crippen molar-refractivity contribution in [2.45, 2.75) is 13.5 Å². The summed E-state index contributed by atoms with van der Waals surface area (Å²) < 4.78 is 22.8. The summed E-state index contributed by atoms with van der Waals surface area (Å²) in [6.07, 6.45) is 0. The number of rotatable bonds is 6. The normalized spacial score (nSPS) is 10.9. The molecular weight excluding hydrogens is 511 g/mol. The van der Waals surface area contributed by atoms with Gasteiger partial charge in [0, 0.05) is 37.7 Å². The molecule has 8 heteroatoms. The third-order valence-corrected chi connectivity index (χ3v) is 5.87. The molecule has 0 aliphatic heterocycles. The fraction of sp³-hybridized carbons (Fsp3) is 0.0800. The van der Waals surface area contributed by atoms with Crippen molar-refractivity contribution in [2.75, 3.05) is 5.73 Å². The van der Waals surface area contributed by atoms with Crippen LogP contribution in [0, 0.1) is 12.7 Å². The van der Waals surface area contributed by atoms with E-state index in [4.69, 9.17) is 22.1 Å². The van der Waals surface area contributed by atoms with Gasteiger partial charge in [-0.05, 0) is 67.6 Å². The van der Waals surface area contributed by atoms with Crippen molar-refractivity contribution in [1.29, 1.82) is 0 Å². The lowest BCUT2D eigenvalue weighted by Gasteiger charge is -2.17. The standard InChI is InChI=1S/C25H19BrClFN2O3/c1-14-2-6-23(30(14)20-9-16(25(31)32)8-19(29)12-20)21-11-18(27)5-7-24(21)33-13-15-3-4-17(26)10-22(15)28/h2-12H,13,29H2,1H3,(H,31,32). The van der Waals surface area contributed by atoms with Gasteiger partial charge in [-0.15, -0.1) is 0 Å². The van der Waals surface area contributed by atoms with Crippen LogP contribution >= 0.6 is 27.5 Å². The van der Waals surface area contributed by atoms with Gasteiger partial charge in [-0.1, -0.05) is 33.6 Å². The van der Waals surface area contributed by atoms with E-state index in [1.807, 2.05) is 23.6 Å². The van der Waals surface area contributed by atoms with Crippen LogP contribution in [-0.4, -0.2) is 15.6 Å². The first-order valence-electron chi connectivity index (χ1n) is 9.92. The molecule has 0 radical (unpaired) electrons. The average molecular weight is 530 g/mol. The maximum absolute atomic E-state index is 14.3. The maximum atomic E-state index is 14.3. The maximum Gasteiger partial charge on any atom is 0.335 e. The highest BCUT2D eigenvalue weighted by molar-refractivity contribution is 9.10. The summed E-state index contributed by atoms with van der Waals surface area (Å²) in [5.41, 5.74) is 9.64. The number of halogens is 3. The summed E-state index contributed by atoms with van der Waals surface area (Å²) in [5.74, 6) is -0.943. The number of anilines is 1. The number of hydrogen-bond donors (Lipinski definition) is 2. The molecule has 1 heterocycles. The second-order valence-electron chi connectivity index (χ2n) is 7.48. The average Bonchev–Trinajstić information content (AvgIpc) is 3.14. The van der Waals surface area contributed by atoms with Crippen LogP contribution in [0.25, 0.3) is 16.9 Å². The van der Waals surface area contributed by atoms with Gasteiger partial charge in [0.1, 0.15) is 18.2 Å². The van der Waals surface area contributed by atoms with Crippen molar-refractivity contribution in [1.82, 2.24) is 4.57 Å². The summed E-state index contributed by atoms with van der Waals surface area (Å²) in [5, 5.41) is 9.95. The van der Waals surface area contributed by atoms with Crippen LogP contribution in [0.4, 0.5) is 10.1 Å². The summed E-state index contributed by atoms with van der Waals surface area (Å²) >= 11 is 9.55. The SMILES string of the molecule is Cc1ccc(-c2cc(Cl)ccc2OCc2ccc(Br)cc2F)n1-c1cc(N)cc(C(=O)O)c1. The van der Waals surface area contributed by atoms with Gasteiger partial charge in [-0.3, -0.25) is 0 Å². The van der Waals surface area contributed by atoms with Gasteiger partial charge >= 0.3 is 5.97 Å². The molecule has 0 saturated heterocycles. The number of benzene rings is 3. The van der Waals surface area contributed by atoms with Gasteiger partial charge in [0.05, 0.1) is 11.3 Å². The second-order valence-corrected chi connectivity index (χ2v) is 8.83. The topological polar surface area (TPSA) is 77.5 Å². The third-order valence-electron chi connectivity index (χ3n) is 5.14. The Kier molecular flexibility index (Phi) is 6.44. The molecular formula is C25H19BrClFN2O3. The van der Waals surface area contributed by atoms with Crippen LogP contribution < -0.4 is 10.5 Å². The van der Waals surface area contributed by atoms with Crippen molar-refractivity contribution in [3.05, 3.63) is 98.9 Å². The largest absolute Gasteiger partial charge is 0.488 e. The van der Waals surface area contributed by atoms with E-state index < -0.39 is 5.97 Å². The lowest BCUT2D eigenvalue weighted by atomic mass is 10.1. The molecule has 1 aromatic heterocycles. The van der Waals surface area contributed by atoms with Crippen LogP contribution in [0.3, 0.4) is 0 Å². The first kappa shape index (κ1) is 22.9. The quantitative estimate of drug-likeness (QED) is 0.267. The number of carbonyl (C=O) groups is 1. The molecule has 168 valence electrons. The summed E-state index contributed by atoms with van der Waals surface area (Å²) in [7, 11) is 0. The Morgan fingerprint density at radius 1 is 1.12 bits per heavy atom. The van der Waals surface area contributed by atoms with Crippen molar-refractivity contribution in [3.63, 3.8) is 0 Å². The van der Waals surface area contributed by atoms with Gasteiger partial charge in [0.2, 0.25) is 0 Å². The van der Waals surface area contributed by atoms with Crippen LogP contribution in [0.2, 0.25) is 5.02 Å². The van der Waals surface area contributed by atoms with E-state index in [0.29, 0.717) is 37.7 Å². The second kappa shape index (κ2) is 9.29. The summed E-state index contributed by atoms with van der Waals surface area (Å²) in [6.45, 7) is 1.92. The van der Waals surface area contributed by atoms with Crippen LogP contribution in [0.15, 0.2) is 71.2 Å². The number of carboxylic acid groups (broad SMARTS) is 1. The molecule has 0 unspecified atom stereocenters. The first-order chi connectivity index (χ1) is 15.7. The molecule has 5 nitrogen and oxygen atoms in total. The van der Waals surface area contributed by atoms with E-state index in [2.05, 4.69) is 15.9 Å². The Hall–Kier alpha value is -3.29. The Balaban J connectivity index is 1.78. The molecule has 4 aromatic rings. The number of hydrogen-bond acceptors (Lipinski definition) is 3. The number of carboxylic acids is 1. The van der Waals surface area contributed by atoms with E-state index in [-0.39, 0.29) is 18.0 Å². The highest BCUT2D eigenvalue weighted by Crippen LogP contribution is 2.36. The predicted molar refractivity (Wildman–Crippen MR) is 131 cm³/mol. The predicted octanol–water partition coefficient (Wildman–Crippen LogP) is 6.87. The molecule has 0 saturated carbocycles. The Morgan fingerprint density at radius 2 is 1.91 bits per heavy atom. The molecule has 4 rings (SSSR count). The molecule has 3 N–H and O–H groups in total. The van der Waals surface area contributed by atoms with Crippen LogP contribution in [0.5, 0.6) is 5.75 Å². The molecule has 0 aliphatic carbocycles. The van der Waals surface area contributed by atoms with Crippen molar-refractivity contribution in [2.24, 2.45) is 0 Å². The zero-order valence-electron chi connectivity index (χ0n) is 17.5. The van der Waals surface area contributed by atoms with E-state index >= 15 is 0 Å². The molecule has 0 fully saturated rings. The minimum absolute atomic E-state index is 0.0227. The van der Waals surface area contributed by atoms with E-state index in [1.54, 1.807) is 42.5 Å². The monoisotopic (exact) mass is 528 g/mol. The zero-order chi connectivity index (χ0) is 23.7. The molecule has 0 bridgehead atoms. The number of ether oxygens (including phenoxy) is 1. The molecule has 0 atom stereocenters. The number of aromatic nitrogens is 1. The minimum atomic E-state index is -1.07. The Labute approximate surface area is 203 Å². The summed E-state index contributed by atoms with van der Waals surface area (Å²) in [6, 6.07) is 18.4. The first-order valence-corrected chi connectivity index (χ1v) is 11.1. The van der Waals surface area contributed by atoms with E-state index in [0.717, 1.165) is 11.4 Å². The highest BCUT2D eigenvalue weighted by atomic mass is 79.9. The van der Waals surface area contributed by atoms with Gasteiger partial charge in [0.25, 0.3) is 0 Å². The van der Waals surface area contributed by atoms with E-state index in [1.165, 1.54) is 12.1 Å². The lowest BCUT2D eigenvalue weighted by Crippen LogP contribution is -2.05. The highest BCUT2D eigenvalue weighted by Gasteiger charge is 2.17. The van der Waals surface area contributed by atoms with Crippen LogP contribution in [-0.2, 0) is 6.61 Å². The molecule has 33 heavy (non-hydrogen) atoms. The smallest absolute Gasteiger partial charge is 0.335 e. The zero-order valence-corrected chi connectivity index (χ0v) is 19.8. The minimum Gasteiger partial charge on any atom is -0.488 e. The number of aromatic carboxylic acids is 1. The van der Waals surface area contributed by atoms with Crippen molar-refractivity contribution >= 4 is 39.2 Å². The lowest BCUT2D eigenvalue weighted by molar-refractivity contribution is 0.0697. The number of nitrogens with zero attached hydrogens (tertiary/aromatic N) is 1. The molecule has 0 amide bonds.